The van der Waals surface area contributed by atoms with E-state index in [1.54, 1.807) is 42.5 Å². The van der Waals surface area contributed by atoms with E-state index in [1.807, 2.05) is 0 Å². The van der Waals surface area contributed by atoms with Crippen LogP contribution in [0.2, 0.25) is 0 Å². The summed E-state index contributed by atoms with van der Waals surface area (Å²) in [4.78, 5) is 39.1. The number of nitro groups is 1. The topological polar surface area (TPSA) is 108 Å². The molecule has 0 unspecified atom stereocenters. The molecule has 0 N–H and O–H groups in total. The monoisotopic (exact) mass is 570 g/mol. The number of cyclic esters (lactones) is 1. The Morgan fingerprint density at radius 2 is 1.67 bits per heavy atom. The van der Waals surface area contributed by atoms with Crippen LogP contribution in [0.1, 0.15) is 21.5 Å². The average molecular weight is 572 g/mol. The van der Waals surface area contributed by atoms with E-state index < -0.39 is 16.9 Å². The van der Waals surface area contributed by atoms with E-state index in [4.69, 9.17) is 9.47 Å². The molecule has 0 saturated heterocycles. The quantitative estimate of drug-likeness (QED) is 0.128. The Balaban J connectivity index is 1.58. The molecule has 8 nitrogen and oxygen atoms in total. The van der Waals surface area contributed by atoms with E-state index in [0.29, 0.717) is 25.6 Å². The number of halogens is 2. The van der Waals surface area contributed by atoms with E-state index in [1.165, 1.54) is 30.3 Å². The van der Waals surface area contributed by atoms with E-state index in [-0.39, 0.29) is 23.0 Å². The maximum Gasteiger partial charge on any atom is 0.363 e. The first-order valence-electron chi connectivity index (χ1n) is 9.35. The van der Waals surface area contributed by atoms with Gasteiger partial charge >= 0.3 is 11.9 Å². The fourth-order valence-corrected chi connectivity index (χ4v) is 4.29. The van der Waals surface area contributed by atoms with Crippen molar-refractivity contribution in [3.63, 3.8) is 0 Å². The van der Waals surface area contributed by atoms with Crippen LogP contribution in [-0.2, 0) is 9.53 Å². The van der Waals surface area contributed by atoms with Crippen molar-refractivity contribution in [1.29, 1.82) is 0 Å². The Morgan fingerprint density at radius 3 is 2.27 bits per heavy atom. The van der Waals surface area contributed by atoms with E-state index in [9.17, 15) is 19.7 Å². The highest BCUT2D eigenvalue weighted by atomic mass is 79.9. The molecule has 0 atom stereocenters. The number of non-ortho nitro benzene ring substituents is 1. The minimum Gasteiger partial charge on any atom is -0.421 e. The van der Waals surface area contributed by atoms with Gasteiger partial charge in [0, 0.05) is 17.7 Å². The highest BCUT2D eigenvalue weighted by Gasteiger charge is 2.25. The number of esters is 2. The Hall–Kier alpha value is -3.63. The number of rotatable bonds is 5. The molecule has 1 heterocycles. The van der Waals surface area contributed by atoms with Crippen molar-refractivity contribution in [1.82, 2.24) is 0 Å². The van der Waals surface area contributed by atoms with Crippen LogP contribution < -0.4 is 4.74 Å². The first-order chi connectivity index (χ1) is 15.8. The number of carbonyl (C=O) groups is 2. The Bertz CT molecular complexity index is 1310. The van der Waals surface area contributed by atoms with Gasteiger partial charge in [-0.3, -0.25) is 10.1 Å². The summed E-state index contributed by atoms with van der Waals surface area (Å²) in [6.45, 7) is 0. The number of carbonyl (C=O) groups excluding carboxylic acids is 2. The Kier molecular flexibility index (Phi) is 6.47. The molecule has 1 aliphatic heterocycles. The van der Waals surface area contributed by atoms with Gasteiger partial charge in [-0.15, -0.1) is 0 Å². The summed E-state index contributed by atoms with van der Waals surface area (Å²) in [7, 11) is 0. The van der Waals surface area contributed by atoms with Crippen LogP contribution in [0.4, 0.5) is 5.69 Å². The zero-order valence-electron chi connectivity index (χ0n) is 16.5. The minimum absolute atomic E-state index is 0.0488. The molecule has 10 heteroatoms. The van der Waals surface area contributed by atoms with Gasteiger partial charge in [-0.25, -0.2) is 14.6 Å². The summed E-state index contributed by atoms with van der Waals surface area (Å²) < 4.78 is 11.7. The van der Waals surface area contributed by atoms with E-state index in [2.05, 4.69) is 36.9 Å². The Labute approximate surface area is 204 Å². The molecule has 0 radical (unpaired) electrons. The fourth-order valence-electron chi connectivity index (χ4n) is 2.90. The van der Waals surface area contributed by atoms with Crippen LogP contribution in [0.15, 0.2) is 86.4 Å². The summed E-state index contributed by atoms with van der Waals surface area (Å²) in [5.74, 6) is -0.835. The van der Waals surface area contributed by atoms with Gasteiger partial charge in [0.15, 0.2) is 11.4 Å². The van der Waals surface area contributed by atoms with Crippen molar-refractivity contribution in [2.45, 2.75) is 0 Å². The van der Waals surface area contributed by atoms with Crippen molar-refractivity contribution in [2.75, 3.05) is 0 Å². The lowest BCUT2D eigenvalue weighted by Gasteiger charge is -2.10. The van der Waals surface area contributed by atoms with Gasteiger partial charge in [-0.2, -0.15) is 0 Å². The standard InChI is InChI=1S/C23H12Br2N2O6/c24-17-10-13(11-18(25)20(17)32-22(28)15-4-2-1-3-5-15)12-19-23(29)33-21(26-19)14-6-8-16(9-7-14)27(30)31/h1-12H/b19-12-. The molecule has 0 saturated carbocycles. The number of hydrogen-bond acceptors (Lipinski definition) is 7. The molecule has 1 aliphatic rings. The molecule has 0 aromatic heterocycles. The average Bonchev–Trinajstić information content (AvgIpc) is 3.17. The summed E-state index contributed by atoms with van der Waals surface area (Å²) in [5, 5.41) is 10.8. The predicted octanol–water partition coefficient (Wildman–Crippen LogP) is 5.68. The molecule has 33 heavy (non-hydrogen) atoms. The highest BCUT2D eigenvalue weighted by molar-refractivity contribution is 9.11. The van der Waals surface area contributed by atoms with Crippen molar-refractivity contribution >= 4 is 61.5 Å². The van der Waals surface area contributed by atoms with Crippen LogP contribution in [0, 0.1) is 10.1 Å². The molecular formula is C23H12Br2N2O6. The molecule has 0 aliphatic carbocycles. The lowest BCUT2D eigenvalue weighted by atomic mass is 10.2. The number of nitro benzene ring substituents is 1. The number of benzene rings is 3. The third-order valence-corrected chi connectivity index (χ3v) is 5.65. The summed E-state index contributed by atoms with van der Waals surface area (Å²) in [6.07, 6.45) is 1.51. The summed E-state index contributed by atoms with van der Waals surface area (Å²) >= 11 is 6.77. The molecular weight excluding hydrogens is 560 g/mol. The number of nitrogens with zero attached hydrogens (tertiary/aromatic N) is 2. The van der Waals surface area contributed by atoms with Gasteiger partial charge in [0.1, 0.15) is 0 Å². The molecule has 3 aromatic carbocycles. The van der Waals surface area contributed by atoms with Gasteiger partial charge in [-0.1, -0.05) is 18.2 Å². The van der Waals surface area contributed by atoms with E-state index in [0.717, 1.165) is 0 Å². The van der Waals surface area contributed by atoms with Gasteiger partial charge < -0.3 is 9.47 Å². The predicted molar refractivity (Wildman–Crippen MR) is 127 cm³/mol. The van der Waals surface area contributed by atoms with Crippen LogP contribution >= 0.6 is 31.9 Å². The Morgan fingerprint density at radius 1 is 1.03 bits per heavy atom. The largest absolute Gasteiger partial charge is 0.421 e. The van der Waals surface area contributed by atoms with Crippen LogP contribution in [0.5, 0.6) is 5.75 Å². The number of aliphatic imine (C=N–C) groups is 1. The third-order valence-electron chi connectivity index (χ3n) is 4.47. The van der Waals surface area contributed by atoms with Crippen LogP contribution in [0.3, 0.4) is 0 Å². The number of hydrogen-bond donors (Lipinski definition) is 0. The smallest absolute Gasteiger partial charge is 0.363 e. The maximum atomic E-state index is 12.4. The minimum atomic E-state index is -0.657. The molecule has 0 spiro atoms. The molecule has 0 amide bonds. The highest BCUT2D eigenvalue weighted by Crippen LogP contribution is 2.36. The summed E-state index contributed by atoms with van der Waals surface area (Å²) in [6, 6.07) is 17.4. The van der Waals surface area contributed by atoms with Gasteiger partial charge in [0.05, 0.1) is 19.4 Å². The fraction of sp³-hybridized carbons (Fsp3) is 0. The van der Waals surface area contributed by atoms with Gasteiger partial charge in [0.2, 0.25) is 5.90 Å². The van der Waals surface area contributed by atoms with Crippen molar-refractivity contribution < 1.29 is 24.0 Å². The first-order valence-corrected chi connectivity index (χ1v) is 10.9. The normalized spacial score (nSPS) is 14.1. The third kappa shape index (κ3) is 5.07. The lowest BCUT2D eigenvalue weighted by Crippen LogP contribution is -2.09. The van der Waals surface area contributed by atoms with E-state index >= 15 is 0 Å². The zero-order chi connectivity index (χ0) is 23.5. The van der Waals surface area contributed by atoms with Crippen molar-refractivity contribution in [3.8, 4) is 5.75 Å². The van der Waals surface area contributed by atoms with Gasteiger partial charge in [0.25, 0.3) is 5.69 Å². The van der Waals surface area contributed by atoms with Crippen molar-refractivity contribution in [2.24, 2.45) is 4.99 Å². The second kappa shape index (κ2) is 9.47. The van der Waals surface area contributed by atoms with Gasteiger partial charge in [-0.05, 0) is 79.9 Å². The summed E-state index contributed by atoms with van der Waals surface area (Å²) in [5.41, 5.74) is 1.40. The SMILES string of the molecule is O=C1OC(c2ccc([N+](=O)[O-])cc2)=N/C1=C\c1cc(Br)c(OC(=O)c2ccccc2)c(Br)c1. The molecule has 0 fully saturated rings. The first kappa shape index (κ1) is 22.6. The van der Waals surface area contributed by atoms with Crippen LogP contribution in [0.25, 0.3) is 6.08 Å². The molecule has 164 valence electrons. The molecule has 4 rings (SSSR count). The number of ether oxygens (including phenoxy) is 2. The zero-order valence-corrected chi connectivity index (χ0v) is 19.7. The lowest BCUT2D eigenvalue weighted by molar-refractivity contribution is -0.384. The molecule has 3 aromatic rings. The second-order valence-electron chi connectivity index (χ2n) is 6.71. The van der Waals surface area contributed by atoms with Crippen LogP contribution in [-0.4, -0.2) is 22.8 Å². The maximum absolute atomic E-state index is 12.4. The molecule has 0 bridgehead atoms. The second-order valence-corrected chi connectivity index (χ2v) is 8.42. The van der Waals surface area contributed by atoms with Crippen molar-refractivity contribution in [3.05, 3.63) is 108 Å².